The van der Waals surface area contributed by atoms with Crippen LogP contribution in [0, 0.1) is 0 Å². The van der Waals surface area contributed by atoms with Crippen molar-refractivity contribution in [3.05, 3.63) is 58.8 Å². The number of fused-ring (bicyclic) bond motifs is 1. The lowest BCUT2D eigenvalue weighted by atomic mass is 10.3. The largest absolute Gasteiger partial charge is 0.348 e. The van der Waals surface area contributed by atoms with E-state index in [1.807, 2.05) is 60.1 Å². The highest BCUT2D eigenvalue weighted by atomic mass is 79.9. The SMILES string of the molecule is Cn1c(CNC(=O)CSc2ccc(Br)cc2)nc2ccccc21. The van der Waals surface area contributed by atoms with Gasteiger partial charge in [0.1, 0.15) is 5.82 Å². The van der Waals surface area contributed by atoms with E-state index in [9.17, 15) is 4.79 Å². The number of nitrogens with zero attached hydrogens (tertiary/aromatic N) is 2. The fourth-order valence-corrected chi connectivity index (χ4v) is 3.25. The fourth-order valence-electron chi connectivity index (χ4n) is 2.26. The number of hydrogen-bond donors (Lipinski definition) is 1. The van der Waals surface area contributed by atoms with Crippen LogP contribution in [0.3, 0.4) is 0 Å². The average Bonchev–Trinajstić information content (AvgIpc) is 2.89. The molecule has 0 aliphatic rings. The molecule has 4 nitrogen and oxygen atoms in total. The molecule has 3 rings (SSSR count). The van der Waals surface area contributed by atoms with Crippen molar-refractivity contribution in [2.45, 2.75) is 11.4 Å². The number of halogens is 1. The minimum atomic E-state index is 0.00461. The Morgan fingerprint density at radius 1 is 1.22 bits per heavy atom. The zero-order valence-corrected chi connectivity index (χ0v) is 15.0. The number of aromatic nitrogens is 2. The summed E-state index contributed by atoms with van der Waals surface area (Å²) in [5.74, 6) is 1.25. The van der Waals surface area contributed by atoms with E-state index in [0.29, 0.717) is 12.3 Å². The molecule has 1 N–H and O–H groups in total. The Morgan fingerprint density at radius 2 is 1.96 bits per heavy atom. The van der Waals surface area contributed by atoms with Crippen LogP contribution in [0.25, 0.3) is 11.0 Å². The zero-order valence-electron chi connectivity index (χ0n) is 12.6. The zero-order chi connectivity index (χ0) is 16.2. The van der Waals surface area contributed by atoms with Gasteiger partial charge in [-0.15, -0.1) is 11.8 Å². The number of para-hydroxylation sites is 2. The molecule has 3 aromatic rings. The van der Waals surface area contributed by atoms with Gasteiger partial charge in [-0.25, -0.2) is 4.98 Å². The molecule has 1 aromatic heterocycles. The van der Waals surface area contributed by atoms with Crippen LogP contribution in [0.2, 0.25) is 0 Å². The first-order valence-corrected chi connectivity index (χ1v) is 8.97. The Bertz CT molecular complexity index is 829. The molecule has 0 saturated carbocycles. The van der Waals surface area contributed by atoms with Crippen molar-refractivity contribution in [1.82, 2.24) is 14.9 Å². The second-order valence-corrected chi connectivity index (χ2v) is 7.06. The third-order valence-corrected chi connectivity index (χ3v) is 5.05. The Labute approximate surface area is 147 Å². The van der Waals surface area contributed by atoms with Crippen molar-refractivity contribution in [2.75, 3.05) is 5.75 Å². The highest BCUT2D eigenvalue weighted by molar-refractivity contribution is 9.10. The molecular weight excluding hydrogens is 374 g/mol. The van der Waals surface area contributed by atoms with Crippen molar-refractivity contribution in [1.29, 1.82) is 0 Å². The summed E-state index contributed by atoms with van der Waals surface area (Å²) in [6.45, 7) is 0.435. The van der Waals surface area contributed by atoms with Crippen molar-refractivity contribution in [3.8, 4) is 0 Å². The summed E-state index contributed by atoms with van der Waals surface area (Å²) >= 11 is 4.92. The molecule has 1 amide bonds. The topological polar surface area (TPSA) is 46.9 Å². The molecule has 2 aromatic carbocycles. The summed E-state index contributed by atoms with van der Waals surface area (Å²) in [4.78, 5) is 17.6. The molecule has 6 heteroatoms. The van der Waals surface area contributed by atoms with Crippen molar-refractivity contribution in [3.63, 3.8) is 0 Å². The smallest absolute Gasteiger partial charge is 0.230 e. The minimum absolute atomic E-state index is 0.00461. The highest BCUT2D eigenvalue weighted by Crippen LogP contribution is 2.20. The Morgan fingerprint density at radius 3 is 2.70 bits per heavy atom. The van der Waals surface area contributed by atoms with Crippen molar-refractivity contribution in [2.24, 2.45) is 7.05 Å². The maximum atomic E-state index is 12.0. The average molecular weight is 390 g/mol. The lowest BCUT2D eigenvalue weighted by Gasteiger charge is -2.06. The normalized spacial score (nSPS) is 10.9. The minimum Gasteiger partial charge on any atom is -0.348 e. The van der Waals surface area contributed by atoms with Gasteiger partial charge < -0.3 is 9.88 Å². The maximum Gasteiger partial charge on any atom is 0.230 e. The molecule has 0 fully saturated rings. The van der Waals surface area contributed by atoms with Gasteiger partial charge in [0.05, 0.1) is 23.3 Å². The van der Waals surface area contributed by atoms with Gasteiger partial charge in [0.25, 0.3) is 0 Å². The van der Waals surface area contributed by atoms with E-state index in [0.717, 1.165) is 26.2 Å². The van der Waals surface area contributed by atoms with Crippen LogP contribution in [-0.2, 0) is 18.4 Å². The monoisotopic (exact) mass is 389 g/mol. The Hall–Kier alpha value is -1.79. The molecule has 0 unspecified atom stereocenters. The quantitative estimate of drug-likeness (QED) is 0.676. The summed E-state index contributed by atoms with van der Waals surface area (Å²) < 4.78 is 3.05. The number of thioether (sulfide) groups is 1. The summed E-state index contributed by atoms with van der Waals surface area (Å²) in [5.41, 5.74) is 2.02. The highest BCUT2D eigenvalue weighted by Gasteiger charge is 2.09. The van der Waals surface area contributed by atoms with Crippen LogP contribution in [0.15, 0.2) is 57.9 Å². The number of imidazole rings is 1. The van der Waals surface area contributed by atoms with E-state index in [4.69, 9.17) is 0 Å². The van der Waals surface area contributed by atoms with Gasteiger partial charge >= 0.3 is 0 Å². The second-order valence-electron chi connectivity index (χ2n) is 5.10. The molecular formula is C17H16BrN3OS. The van der Waals surface area contributed by atoms with Crippen LogP contribution in [-0.4, -0.2) is 21.2 Å². The predicted molar refractivity (Wildman–Crippen MR) is 97.4 cm³/mol. The molecule has 0 spiro atoms. The standard InChI is InChI=1S/C17H16BrN3OS/c1-21-15-5-3-2-4-14(15)20-16(21)10-19-17(22)11-23-13-8-6-12(18)7-9-13/h2-9H,10-11H2,1H3,(H,19,22). The van der Waals surface area contributed by atoms with Crippen LogP contribution in [0.5, 0.6) is 0 Å². The lowest BCUT2D eigenvalue weighted by Crippen LogP contribution is -2.26. The van der Waals surface area contributed by atoms with E-state index in [-0.39, 0.29) is 5.91 Å². The molecule has 0 radical (unpaired) electrons. The second kappa shape index (κ2) is 7.19. The Kier molecular flexibility index (Phi) is 5.03. The lowest BCUT2D eigenvalue weighted by molar-refractivity contribution is -0.118. The molecule has 0 bridgehead atoms. The number of benzene rings is 2. The number of carbonyl (C=O) groups is 1. The number of aryl methyl sites for hydroxylation is 1. The van der Waals surface area contributed by atoms with E-state index in [1.165, 1.54) is 11.8 Å². The van der Waals surface area contributed by atoms with E-state index in [2.05, 4.69) is 26.2 Å². The number of amides is 1. The van der Waals surface area contributed by atoms with Crippen LogP contribution < -0.4 is 5.32 Å². The first-order valence-electron chi connectivity index (χ1n) is 7.19. The van der Waals surface area contributed by atoms with Gasteiger partial charge in [0, 0.05) is 16.4 Å². The number of hydrogen-bond acceptors (Lipinski definition) is 3. The predicted octanol–water partition coefficient (Wildman–Crippen LogP) is 3.74. The number of nitrogens with one attached hydrogen (secondary N) is 1. The third kappa shape index (κ3) is 3.95. The summed E-state index contributed by atoms with van der Waals surface area (Å²) in [5, 5.41) is 2.93. The molecule has 23 heavy (non-hydrogen) atoms. The summed E-state index contributed by atoms with van der Waals surface area (Å²) in [6, 6.07) is 15.9. The van der Waals surface area contributed by atoms with E-state index >= 15 is 0 Å². The van der Waals surface area contributed by atoms with Crippen molar-refractivity contribution < 1.29 is 4.79 Å². The van der Waals surface area contributed by atoms with Gasteiger partial charge in [-0.2, -0.15) is 0 Å². The maximum absolute atomic E-state index is 12.0. The number of rotatable bonds is 5. The van der Waals surface area contributed by atoms with Crippen LogP contribution in [0.4, 0.5) is 0 Å². The van der Waals surface area contributed by atoms with E-state index in [1.54, 1.807) is 0 Å². The van der Waals surface area contributed by atoms with Gasteiger partial charge in [0.15, 0.2) is 0 Å². The van der Waals surface area contributed by atoms with Crippen molar-refractivity contribution >= 4 is 44.6 Å². The van der Waals surface area contributed by atoms with E-state index < -0.39 is 0 Å². The van der Waals surface area contributed by atoms with Gasteiger partial charge in [-0.05, 0) is 36.4 Å². The molecule has 0 atom stereocenters. The van der Waals surface area contributed by atoms with Crippen LogP contribution in [0.1, 0.15) is 5.82 Å². The first-order chi connectivity index (χ1) is 11.1. The molecule has 0 saturated heterocycles. The summed E-state index contributed by atoms with van der Waals surface area (Å²) in [6.07, 6.45) is 0. The Balaban J connectivity index is 1.55. The van der Waals surface area contributed by atoms with Gasteiger partial charge in [-0.3, -0.25) is 4.79 Å². The molecule has 0 aliphatic carbocycles. The fraction of sp³-hybridized carbons (Fsp3) is 0.176. The van der Waals surface area contributed by atoms with Gasteiger partial charge in [0.2, 0.25) is 5.91 Å². The summed E-state index contributed by atoms with van der Waals surface area (Å²) in [7, 11) is 1.97. The molecule has 118 valence electrons. The third-order valence-electron chi connectivity index (χ3n) is 3.51. The van der Waals surface area contributed by atoms with Gasteiger partial charge in [-0.1, -0.05) is 28.1 Å². The van der Waals surface area contributed by atoms with Crippen LogP contribution >= 0.6 is 27.7 Å². The molecule has 0 aliphatic heterocycles. The number of carbonyl (C=O) groups excluding carboxylic acids is 1. The molecule has 1 heterocycles. The first kappa shape index (κ1) is 16.1.